The quantitative estimate of drug-likeness (QED) is 0.0733. The summed E-state index contributed by atoms with van der Waals surface area (Å²) in [5.74, 6) is -1.32. The van der Waals surface area contributed by atoms with E-state index in [1.165, 1.54) is 116 Å². The Bertz CT molecular complexity index is 391. The predicted molar refractivity (Wildman–Crippen MR) is 167 cm³/mol. The average Bonchev–Trinajstić information content (AvgIpc) is 2.87. The second kappa shape index (κ2) is 40.2. The predicted octanol–water partition coefficient (Wildman–Crippen LogP) is 10.6. The first-order valence-corrected chi connectivity index (χ1v) is 22.1. The summed E-state index contributed by atoms with van der Waals surface area (Å²) < 4.78 is 3.33. The number of aliphatic carboxylic acids is 2. The molecule has 0 aromatic rings. The molecule has 2 N–H and O–H groups in total. The summed E-state index contributed by atoms with van der Waals surface area (Å²) >= 11 is -0.159. The zero-order valence-electron chi connectivity index (χ0n) is 25.8. The third-order valence-corrected chi connectivity index (χ3v) is 12.4. The van der Waals surface area contributed by atoms with Crippen molar-refractivity contribution < 1.29 is 19.8 Å². The molecule has 0 aliphatic carbocycles. The molecule has 0 unspecified atom stereocenters. The molecule has 4 nitrogen and oxygen atoms in total. The number of carbonyl (C=O) groups is 2. The Morgan fingerprint density at radius 3 is 0.892 bits per heavy atom. The van der Waals surface area contributed by atoms with Crippen LogP contribution in [0.15, 0.2) is 0 Å². The van der Waals surface area contributed by atoms with Crippen LogP contribution in [0.5, 0.6) is 0 Å². The molecule has 0 radical (unpaired) electrons. The van der Waals surface area contributed by atoms with E-state index in [-0.39, 0.29) is 21.1 Å². The van der Waals surface area contributed by atoms with Gasteiger partial charge >= 0.3 is 81.5 Å². The van der Waals surface area contributed by atoms with Crippen LogP contribution in [0.1, 0.15) is 182 Å². The Labute approximate surface area is 242 Å². The van der Waals surface area contributed by atoms with E-state index in [2.05, 4.69) is 27.7 Å². The Kier molecular flexibility index (Phi) is 44.8. The molecule has 0 aromatic carbocycles. The van der Waals surface area contributed by atoms with Gasteiger partial charge in [-0.1, -0.05) is 117 Å². The molecule has 5 heteroatoms. The van der Waals surface area contributed by atoms with Gasteiger partial charge in [-0.3, -0.25) is 9.59 Å². The van der Waals surface area contributed by atoms with Gasteiger partial charge in [0.15, 0.2) is 0 Å². The van der Waals surface area contributed by atoms with Crippen molar-refractivity contribution in [2.45, 2.75) is 191 Å². The maximum absolute atomic E-state index is 10.2. The van der Waals surface area contributed by atoms with Crippen molar-refractivity contribution in [3.63, 3.8) is 0 Å². The van der Waals surface area contributed by atoms with Crippen LogP contribution in [-0.4, -0.2) is 43.3 Å². The fourth-order valence-corrected chi connectivity index (χ4v) is 10.1. The van der Waals surface area contributed by atoms with Gasteiger partial charge in [-0.25, -0.2) is 0 Å². The number of hydrogen-bond donors (Lipinski definition) is 2. The molecule has 0 bridgehead atoms. The number of rotatable bonds is 26. The van der Waals surface area contributed by atoms with Crippen LogP contribution < -0.4 is 0 Å². The van der Waals surface area contributed by atoms with Crippen molar-refractivity contribution in [3.8, 4) is 0 Å². The summed E-state index contributed by atoms with van der Waals surface area (Å²) in [5.41, 5.74) is 0. The van der Waals surface area contributed by atoms with Crippen molar-refractivity contribution in [1.29, 1.82) is 0 Å². The minimum atomic E-state index is -0.659. The van der Waals surface area contributed by atoms with Gasteiger partial charge in [0.05, 0.1) is 0 Å². The topological polar surface area (TPSA) is 74.6 Å². The van der Waals surface area contributed by atoms with Crippen LogP contribution in [0.3, 0.4) is 0 Å². The molecule has 0 amide bonds. The second-order valence-corrected chi connectivity index (χ2v) is 16.8. The fraction of sp³-hybridized carbons (Fsp3) is 0.938. The van der Waals surface area contributed by atoms with Gasteiger partial charge in [0, 0.05) is 12.8 Å². The van der Waals surface area contributed by atoms with Gasteiger partial charge in [0.1, 0.15) is 0 Å². The molecule has 0 rings (SSSR count). The molecule has 37 heavy (non-hydrogen) atoms. The van der Waals surface area contributed by atoms with E-state index in [0.717, 1.165) is 25.7 Å². The van der Waals surface area contributed by atoms with Crippen molar-refractivity contribution in [3.05, 3.63) is 0 Å². The molecule has 0 spiro atoms. The van der Waals surface area contributed by atoms with Crippen molar-refractivity contribution in [2.24, 2.45) is 0 Å². The van der Waals surface area contributed by atoms with E-state index in [0.29, 0.717) is 12.8 Å². The van der Waals surface area contributed by atoms with Crippen LogP contribution in [0.25, 0.3) is 0 Å². The zero-order chi connectivity index (χ0) is 28.2. The molecule has 0 aromatic heterocycles. The third-order valence-electron chi connectivity index (χ3n) is 6.70. The summed E-state index contributed by atoms with van der Waals surface area (Å²) in [6.07, 6.45) is 28.9. The first-order chi connectivity index (χ1) is 18.0. The van der Waals surface area contributed by atoms with Gasteiger partial charge in [0.2, 0.25) is 0 Å². The van der Waals surface area contributed by atoms with Gasteiger partial charge in [-0.2, -0.15) is 0 Å². The van der Waals surface area contributed by atoms with Gasteiger partial charge in [0.25, 0.3) is 0 Å². The molecular formula is C32H68O4Sn. The van der Waals surface area contributed by atoms with Crippen LogP contribution in [0, 0.1) is 0 Å². The Hall–Kier alpha value is -0.261. The summed E-state index contributed by atoms with van der Waals surface area (Å²) in [7, 11) is 0. The van der Waals surface area contributed by atoms with Crippen LogP contribution in [0.4, 0.5) is 0 Å². The van der Waals surface area contributed by atoms with Crippen LogP contribution >= 0.6 is 0 Å². The summed E-state index contributed by atoms with van der Waals surface area (Å²) in [4.78, 5) is 20.4. The Morgan fingerprint density at radius 1 is 0.405 bits per heavy atom. The molecule has 224 valence electrons. The maximum atomic E-state index is 10.2. The summed E-state index contributed by atoms with van der Waals surface area (Å²) in [6.45, 7) is 9.05. The molecule has 0 saturated heterocycles. The summed E-state index contributed by atoms with van der Waals surface area (Å²) in [6, 6.07) is 0. The molecule has 0 heterocycles. The Morgan fingerprint density at radius 2 is 0.649 bits per heavy atom. The van der Waals surface area contributed by atoms with E-state index in [4.69, 9.17) is 10.2 Å². The van der Waals surface area contributed by atoms with Gasteiger partial charge < -0.3 is 10.2 Å². The van der Waals surface area contributed by atoms with E-state index in [9.17, 15) is 9.59 Å². The Balaban J connectivity index is -0.000000481. The molecule has 0 aliphatic heterocycles. The molecule has 0 aliphatic rings. The standard InChI is InChI=1S/2C12H24O2.2C4H9.Sn.2H/c2*1-2-3-4-5-6-7-8-9-10-11-12(13)14;2*1-3-4-2;;;/h2*2-11H2,1H3,(H,13,14);2*1,3-4H2,2H3;;;. The average molecular weight is 636 g/mol. The monoisotopic (exact) mass is 636 g/mol. The fourth-order valence-electron chi connectivity index (χ4n) is 4.20. The van der Waals surface area contributed by atoms with Crippen molar-refractivity contribution in [1.82, 2.24) is 0 Å². The molecule has 0 fully saturated rings. The first-order valence-electron chi connectivity index (χ1n) is 16.4. The van der Waals surface area contributed by atoms with E-state index in [1.54, 1.807) is 8.87 Å². The van der Waals surface area contributed by atoms with Crippen molar-refractivity contribution >= 4 is 33.1 Å². The second-order valence-electron chi connectivity index (χ2n) is 10.7. The van der Waals surface area contributed by atoms with Gasteiger partial charge in [-0.15, -0.1) is 0 Å². The van der Waals surface area contributed by atoms with Crippen molar-refractivity contribution in [2.75, 3.05) is 0 Å². The number of carboxylic acids is 2. The SMILES string of the molecule is CCCCCCCCCCCC(=O)O.CCCCCCCCCCCC(=O)O.CCC[CH2][SnH2][CH2]CCC. The number of hydrogen-bond acceptors (Lipinski definition) is 2. The summed E-state index contributed by atoms with van der Waals surface area (Å²) in [5, 5.41) is 16.8. The number of unbranched alkanes of at least 4 members (excludes halogenated alkanes) is 18. The van der Waals surface area contributed by atoms with Crippen LogP contribution in [0.2, 0.25) is 8.87 Å². The van der Waals surface area contributed by atoms with Gasteiger partial charge in [-0.05, 0) is 12.8 Å². The van der Waals surface area contributed by atoms with E-state index < -0.39 is 11.9 Å². The molecule has 0 saturated carbocycles. The number of carboxylic acid groups (broad SMARTS) is 2. The van der Waals surface area contributed by atoms with Crippen LogP contribution in [-0.2, 0) is 9.59 Å². The molecular weight excluding hydrogens is 567 g/mol. The normalized spacial score (nSPS) is 10.3. The first kappa shape index (κ1) is 41.2. The third kappa shape index (κ3) is 52.9. The van der Waals surface area contributed by atoms with E-state index in [1.807, 2.05) is 0 Å². The zero-order valence-corrected chi connectivity index (χ0v) is 29.8. The van der Waals surface area contributed by atoms with E-state index >= 15 is 0 Å². The molecule has 0 atom stereocenters. The minimum absolute atomic E-state index is 0.159.